The molecule has 0 aromatic heterocycles. The van der Waals surface area contributed by atoms with Crippen LogP contribution in [0, 0.1) is 0 Å². The highest BCUT2D eigenvalue weighted by molar-refractivity contribution is 6.36. The summed E-state index contributed by atoms with van der Waals surface area (Å²) >= 11 is 12.4. The van der Waals surface area contributed by atoms with Gasteiger partial charge < -0.3 is 15.4 Å². The van der Waals surface area contributed by atoms with Gasteiger partial charge in [0.05, 0.1) is 6.61 Å². The second kappa shape index (κ2) is 9.06. The first-order chi connectivity index (χ1) is 9.60. The van der Waals surface area contributed by atoms with Crippen LogP contribution < -0.4 is 10.6 Å². The van der Waals surface area contributed by atoms with Crippen LogP contribution in [0.2, 0.25) is 10.0 Å². The van der Waals surface area contributed by atoms with Crippen LogP contribution in [0.3, 0.4) is 0 Å². The molecular weight excluding hydrogens is 297 g/mol. The van der Waals surface area contributed by atoms with Gasteiger partial charge in [-0.1, -0.05) is 36.2 Å². The lowest BCUT2D eigenvalue weighted by molar-refractivity contribution is 0.203. The Balaban J connectivity index is 2.56. The fourth-order valence-corrected chi connectivity index (χ4v) is 2.60. The summed E-state index contributed by atoms with van der Waals surface area (Å²) in [5.41, 5.74) is 0.954. The molecule has 2 N–H and O–H groups in total. The molecular formula is C14H21Cl2N3O. The first kappa shape index (κ1) is 17.1. The van der Waals surface area contributed by atoms with Gasteiger partial charge in [-0.15, -0.1) is 0 Å². The Morgan fingerprint density at radius 1 is 1.30 bits per heavy atom. The van der Waals surface area contributed by atoms with Crippen molar-refractivity contribution in [3.8, 4) is 0 Å². The Kier molecular flexibility index (Phi) is 7.73. The van der Waals surface area contributed by atoms with E-state index in [1.165, 1.54) is 0 Å². The van der Waals surface area contributed by atoms with Crippen LogP contribution in [0.1, 0.15) is 18.4 Å². The van der Waals surface area contributed by atoms with Crippen molar-refractivity contribution in [3.05, 3.63) is 33.8 Å². The van der Waals surface area contributed by atoms with Crippen molar-refractivity contribution in [2.75, 3.05) is 33.9 Å². The van der Waals surface area contributed by atoms with Gasteiger partial charge in [-0.3, -0.25) is 4.99 Å². The lowest BCUT2D eigenvalue weighted by Crippen LogP contribution is -2.40. The number of guanidine groups is 1. The first-order valence-corrected chi connectivity index (χ1v) is 7.23. The van der Waals surface area contributed by atoms with Gasteiger partial charge in [0.2, 0.25) is 0 Å². The number of methoxy groups -OCH3 is 1. The normalized spacial score (nSPS) is 13.2. The van der Waals surface area contributed by atoms with E-state index in [4.69, 9.17) is 27.9 Å². The number of ether oxygens (including phenoxy) is 1. The number of hydrogen-bond acceptors (Lipinski definition) is 2. The summed E-state index contributed by atoms with van der Waals surface area (Å²) in [6, 6.07) is 5.55. The van der Waals surface area contributed by atoms with Crippen molar-refractivity contribution in [1.82, 2.24) is 10.6 Å². The molecule has 0 amide bonds. The molecule has 1 aromatic carbocycles. The maximum atomic E-state index is 6.20. The van der Waals surface area contributed by atoms with E-state index in [2.05, 4.69) is 22.5 Å². The maximum Gasteiger partial charge on any atom is 0.191 e. The molecule has 1 atom stereocenters. The molecule has 6 heteroatoms. The number of benzene rings is 1. The van der Waals surface area contributed by atoms with Gasteiger partial charge in [-0.2, -0.15) is 0 Å². The quantitative estimate of drug-likeness (QED) is 0.482. The smallest absolute Gasteiger partial charge is 0.191 e. The van der Waals surface area contributed by atoms with Gasteiger partial charge >= 0.3 is 0 Å². The molecule has 0 radical (unpaired) electrons. The molecule has 1 aromatic rings. The number of nitrogens with one attached hydrogen (secondary N) is 2. The van der Waals surface area contributed by atoms with Crippen molar-refractivity contribution in [1.29, 1.82) is 0 Å². The zero-order valence-electron chi connectivity index (χ0n) is 12.0. The SMILES string of the molecule is CN=C(NCCOC)NCC(C)c1c(Cl)cccc1Cl. The number of rotatable bonds is 6. The van der Waals surface area contributed by atoms with Gasteiger partial charge in [-0.05, 0) is 17.7 Å². The van der Waals surface area contributed by atoms with E-state index < -0.39 is 0 Å². The van der Waals surface area contributed by atoms with Crippen LogP contribution in [0.15, 0.2) is 23.2 Å². The van der Waals surface area contributed by atoms with Gasteiger partial charge in [0, 0.05) is 43.2 Å². The number of hydrogen-bond donors (Lipinski definition) is 2. The zero-order chi connectivity index (χ0) is 15.0. The summed E-state index contributed by atoms with van der Waals surface area (Å²) in [5, 5.41) is 7.78. The Morgan fingerprint density at radius 3 is 2.50 bits per heavy atom. The highest BCUT2D eigenvalue weighted by Crippen LogP contribution is 2.30. The van der Waals surface area contributed by atoms with Crippen molar-refractivity contribution in [2.24, 2.45) is 4.99 Å². The average molecular weight is 318 g/mol. The Bertz CT molecular complexity index is 432. The Morgan fingerprint density at radius 2 is 1.95 bits per heavy atom. The van der Waals surface area contributed by atoms with Crippen LogP contribution in [0.5, 0.6) is 0 Å². The van der Waals surface area contributed by atoms with Crippen molar-refractivity contribution < 1.29 is 4.74 Å². The molecule has 0 bridgehead atoms. The highest BCUT2D eigenvalue weighted by atomic mass is 35.5. The molecule has 0 aliphatic rings. The van der Waals surface area contributed by atoms with Crippen LogP contribution in [0.4, 0.5) is 0 Å². The maximum absolute atomic E-state index is 6.20. The third-order valence-corrected chi connectivity index (χ3v) is 3.55. The summed E-state index contributed by atoms with van der Waals surface area (Å²) in [6.45, 7) is 4.10. The third kappa shape index (κ3) is 5.19. The van der Waals surface area contributed by atoms with Crippen molar-refractivity contribution in [2.45, 2.75) is 12.8 Å². The molecule has 20 heavy (non-hydrogen) atoms. The Hall–Kier alpha value is -0.970. The highest BCUT2D eigenvalue weighted by Gasteiger charge is 2.13. The van der Waals surface area contributed by atoms with Gasteiger partial charge in [0.15, 0.2) is 5.96 Å². The topological polar surface area (TPSA) is 45.7 Å². The lowest BCUT2D eigenvalue weighted by Gasteiger charge is -2.18. The minimum Gasteiger partial charge on any atom is -0.383 e. The molecule has 4 nitrogen and oxygen atoms in total. The van der Waals surface area contributed by atoms with E-state index in [1.807, 2.05) is 18.2 Å². The van der Waals surface area contributed by atoms with E-state index in [9.17, 15) is 0 Å². The number of aliphatic imine (C=N–C) groups is 1. The van der Waals surface area contributed by atoms with Gasteiger partial charge in [-0.25, -0.2) is 0 Å². The van der Waals surface area contributed by atoms with Crippen molar-refractivity contribution in [3.63, 3.8) is 0 Å². The van der Waals surface area contributed by atoms with Crippen LogP contribution >= 0.6 is 23.2 Å². The second-order valence-corrected chi connectivity index (χ2v) is 5.22. The molecule has 112 valence electrons. The van der Waals surface area contributed by atoms with E-state index in [-0.39, 0.29) is 5.92 Å². The molecule has 0 fully saturated rings. The van der Waals surface area contributed by atoms with Crippen LogP contribution in [-0.4, -0.2) is 39.8 Å². The molecule has 0 spiro atoms. The molecule has 0 saturated heterocycles. The molecule has 1 unspecified atom stereocenters. The number of nitrogens with zero attached hydrogens (tertiary/aromatic N) is 1. The predicted octanol–water partition coefficient (Wildman–Crippen LogP) is 2.91. The minimum absolute atomic E-state index is 0.178. The van der Waals surface area contributed by atoms with E-state index >= 15 is 0 Å². The monoisotopic (exact) mass is 317 g/mol. The standard InChI is InChI=1S/C14H21Cl2N3O/c1-10(13-11(15)5-4-6-12(13)16)9-19-14(17-2)18-7-8-20-3/h4-6,10H,7-9H2,1-3H3,(H2,17,18,19). The fourth-order valence-electron chi connectivity index (χ4n) is 1.83. The van der Waals surface area contributed by atoms with E-state index in [0.29, 0.717) is 29.7 Å². The summed E-state index contributed by atoms with van der Waals surface area (Å²) in [6.07, 6.45) is 0. The van der Waals surface area contributed by atoms with E-state index in [0.717, 1.165) is 11.5 Å². The first-order valence-electron chi connectivity index (χ1n) is 6.47. The molecule has 0 heterocycles. The molecule has 1 rings (SSSR count). The number of halogens is 2. The summed E-state index contributed by atoms with van der Waals surface area (Å²) in [5.74, 6) is 0.911. The van der Waals surface area contributed by atoms with Gasteiger partial charge in [0.25, 0.3) is 0 Å². The molecule has 0 aliphatic heterocycles. The fraction of sp³-hybridized carbons (Fsp3) is 0.500. The van der Waals surface area contributed by atoms with Crippen molar-refractivity contribution >= 4 is 29.2 Å². The van der Waals surface area contributed by atoms with Crippen LogP contribution in [-0.2, 0) is 4.74 Å². The largest absolute Gasteiger partial charge is 0.383 e. The lowest BCUT2D eigenvalue weighted by atomic mass is 10.0. The van der Waals surface area contributed by atoms with Crippen LogP contribution in [0.25, 0.3) is 0 Å². The molecule has 0 aliphatic carbocycles. The van der Waals surface area contributed by atoms with Gasteiger partial charge in [0.1, 0.15) is 0 Å². The summed E-state index contributed by atoms with van der Waals surface area (Å²) < 4.78 is 4.98. The second-order valence-electron chi connectivity index (χ2n) is 4.41. The minimum atomic E-state index is 0.178. The summed E-state index contributed by atoms with van der Waals surface area (Å²) in [4.78, 5) is 4.14. The third-order valence-electron chi connectivity index (χ3n) is 2.89. The average Bonchev–Trinajstić information content (AvgIpc) is 2.42. The summed E-state index contributed by atoms with van der Waals surface area (Å²) in [7, 11) is 3.40. The molecule has 0 saturated carbocycles. The van der Waals surface area contributed by atoms with E-state index in [1.54, 1.807) is 14.2 Å². The zero-order valence-corrected chi connectivity index (χ0v) is 13.6. The Labute approximate surface area is 130 Å². The predicted molar refractivity (Wildman–Crippen MR) is 86.1 cm³/mol.